The van der Waals surface area contributed by atoms with Crippen LogP contribution in [0.15, 0.2) is 12.3 Å². The average molecular weight is 252 g/mol. The Morgan fingerprint density at radius 1 is 1.33 bits per heavy atom. The number of carbonyl (C=O) groups excluding carboxylic acids is 1. The molecular weight excluding hydrogens is 232 g/mol. The highest BCUT2D eigenvalue weighted by Crippen LogP contribution is 2.10. The zero-order valence-corrected chi connectivity index (χ0v) is 11.1. The van der Waals surface area contributed by atoms with E-state index in [1.165, 1.54) is 13.0 Å². The molecule has 0 unspecified atom stereocenters. The Kier molecular flexibility index (Phi) is 5.09. The lowest BCUT2D eigenvalue weighted by Crippen LogP contribution is -2.27. The number of likely N-dealkylation sites (N-methyl/N-ethyl adjacent to an activating group) is 1. The number of hydrogen-bond acceptors (Lipinski definition) is 3. The third-order valence-electron chi connectivity index (χ3n) is 3.07. The van der Waals surface area contributed by atoms with Gasteiger partial charge in [0.05, 0.1) is 0 Å². The first-order chi connectivity index (χ1) is 8.49. The van der Waals surface area contributed by atoms with Crippen molar-refractivity contribution in [2.45, 2.75) is 27.3 Å². The number of carboxylic acid groups (broad SMARTS) is 1. The van der Waals surface area contributed by atoms with Crippen LogP contribution in [0.5, 0.6) is 0 Å². The summed E-state index contributed by atoms with van der Waals surface area (Å²) in [5.41, 5.74) is 0.624. The average Bonchev–Trinajstić information content (AvgIpc) is 2.75. The highest BCUT2D eigenvalue weighted by Gasteiger charge is 2.14. The van der Waals surface area contributed by atoms with Crippen molar-refractivity contribution < 1.29 is 14.7 Å². The Hall–Kier alpha value is -1.62. The molecule has 0 spiro atoms. The number of carbonyl (C=O) groups is 2. The number of aromatic carboxylic acids is 1. The van der Waals surface area contributed by atoms with E-state index >= 15 is 0 Å². The summed E-state index contributed by atoms with van der Waals surface area (Å²) in [5, 5.41) is 9.09. The van der Waals surface area contributed by atoms with Crippen molar-refractivity contribution >= 4 is 11.8 Å². The fourth-order valence-corrected chi connectivity index (χ4v) is 1.86. The van der Waals surface area contributed by atoms with Crippen molar-refractivity contribution in [3.05, 3.63) is 23.5 Å². The minimum absolute atomic E-state index is 0.112. The number of nitrogens with zero attached hydrogens (tertiary/aromatic N) is 2. The number of carboxylic acids is 1. The lowest BCUT2D eigenvalue weighted by Gasteiger charge is -2.18. The standard InChI is InChI=1S/C13H20N2O3/c1-4-14(5-2)6-7-15-9-11(10(3)16)8-12(15)13(17)18/h8-9H,4-7H2,1-3H3,(H,17,18). The highest BCUT2D eigenvalue weighted by molar-refractivity contribution is 5.97. The monoisotopic (exact) mass is 252 g/mol. The Balaban J connectivity index is 2.86. The van der Waals surface area contributed by atoms with Gasteiger partial charge in [0.25, 0.3) is 0 Å². The van der Waals surface area contributed by atoms with Gasteiger partial charge in [-0.3, -0.25) is 4.79 Å². The van der Waals surface area contributed by atoms with Crippen molar-refractivity contribution in [3.63, 3.8) is 0 Å². The molecule has 0 bridgehead atoms. The van der Waals surface area contributed by atoms with E-state index in [9.17, 15) is 9.59 Å². The smallest absolute Gasteiger partial charge is 0.352 e. The van der Waals surface area contributed by atoms with E-state index in [1.54, 1.807) is 10.8 Å². The molecule has 0 aliphatic carbocycles. The molecule has 100 valence electrons. The maximum atomic E-state index is 11.3. The lowest BCUT2D eigenvalue weighted by molar-refractivity contribution is 0.0684. The maximum absolute atomic E-state index is 11.3. The molecule has 5 nitrogen and oxygen atoms in total. The zero-order valence-electron chi connectivity index (χ0n) is 11.1. The quantitative estimate of drug-likeness (QED) is 0.751. The van der Waals surface area contributed by atoms with E-state index in [-0.39, 0.29) is 11.5 Å². The number of ketones is 1. The molecule has 5 heteroatoms. The molecule has 0 aliphatic heterocycles. The molecule has 1 aromatic heterocycles. The van der Waals surface area contributed by atoms with Crippen molar-refractivity contribution in [1.29, 1.82) is 0 Å². The van der Waals surface area contributed by atoms with E-state index in [0.29, 0.717) is 12.1 Å². The van der Waals surface area contributed by atoms with Gasteiger partial charge < -0.3 is 14.6 Å². The first-order valence-electron chi connectivity index (χ1n) is 6.16. The normalized spacial score (nSPS) is 10.9. The molecule has 1 N–H and O–H groups in total. The van der Waals surface area contributed by atoms with Crippen molar-refractivity contribution in [1.82, 2.24) is 9.47 Å². The van der Waals surface area contributed by atoms with E-state index in [2.05, 4.69) is 18.7 Å². The van der Waals surface area contributed by atoms with Crippen LogP contribution >= 0.6 is 0 Å². The summed E-state index contributed by atoms with van der Waals surface area (Å²) >= 11 is 0. The van der Waals surface area contributed by atoms with Gasteiger partial charge >= 0.3 is 5.97 Å². The Labute approximate surface area is 107 Å². The van der Waals surface area contributed by atoms with Gasteiger partial charge in [0.2, 0.25) is 0 Å². The van der Waals surface area contributed by atoms with E-state index in [0.717, 1.165) is 19.6 Å². The van der Waals surface area contributed by atoms with Crippen molar-refractivity contribution in [3.8, 4) is 0 Å². The minimum Gasteiger partial charge on any atom is -0.477 e. The van der Waals surface area contributed by atoms with Crippen molar-refractivity contribution in [2.24, 2.45) is 0 Å². The van der Waals surface area contributed by atoms with Gasteiger partial charge in [-0.05, 0) is 26.1 Å². The van der Waals surface area contributed by atoms with Crippen LogP contribution in [0.4, 0.5) is 0 Å². The molecule has 0 amide bonds. The molecular formula is C13H20N2O3. The molecule has 1 aromatic rings. The molecule has 0 atom stereocenters. The molecule has 0 radical (unpaired) electrons. The third-order valence-corrected chi connectivity index (χ3v) is 3.07. The predicted molar refractivity (Wildman–Crippen MR) is 69.2 cm³/mol. The summed E-state index contributed by atoms with van der Waals surface area (Å²) in [6.45, 7) is 8.79. The third kappa shape index (κ3) is 3.43. The zero-order chi connectivity index (χ0) is 13.7. The van der Waals surface area contributed by atoms with Gasteiger partial charge in [-0.25, -0.2) is 4.79 Å². The van der Waals surface area contributed by atoms with E-state index in [4.69, 9.17) is 5.11 Å². The molecule has 0 saturated carbocycles. The molecule has 0 aromatic carbocycles. The Morgan fingerprint density at radius 2 is 1.94 bits per heavy atom. The van der Waals surface area contributed by atoms with Gasteiger partial charge in [0, 0.05) is 24.8 Å². The van der Waals surface area contributed by atoms with Crippen LogP contribution in [0, 0.1) is 0 Å². The van der Waals surface area contributed by atoms with Crippen LogP contribution < -0.4 is 0 Å². The van der Waals surface area contributed by atoms with Crippen LogP contribution in [-0.2, 0) is 6.54 Å². The number of hydrogen-bond donors (Lipinski definition) is 1. The van der Waals surface area contributed by atoms with Gasteiger partial charge in [0.1, 0.15) is 5.69 Å². The Bertz CT molecular complexity index is 433. The second-order valence-corrected chi connectivity index (χ2v) is 4.20. The number of rotatable bonds is 7. The summed E-state index contributed by atoms with van der Waals surface area (Å²) in [4.78, 5) is 24.6. The summed E-state index contributed by atoms with van der Waals surface area (Å²) in [6.07, 6.45) is 1.62. The second kappa shape index (κ2) is 6.35. The summed E-state index contributed by atoms with van der Waals surface area (Å²) < 4.78 is 1.64. The molecule has 1 rings (SSSR count). The topological polar surface area (TPSA) is 62.5 Å². The molecule has 1 heterocycles. The largest absolute Gasteiger partial charge is 0.477 e. The Morgan fingerprint density at radius 3 is 2.39 bits per heavy atom. The molecule has 0 saturated heterocycles. The van der Waals surface area contributed by atoms with E-state index < -0.39 is 5.97 Å². The minimum atomic E-state index is -0.998. The number of Topliss-reactive ketones (excluding diaryl/α,β-unsaturated/α-hetero) is 1. The molecule has 18 heavy (non-hydrogen) atoms. The summed E-state index contributed by atoms with van der Waals surface area (Å²) in [6, 6.07) is 1.44. The van der Waals surface area contributed by atoms with Crippen LogP contribution in [0.3, 0.4) is 0 Å². The highest BCUT2D eigenvalue weighted by atomic mass is 16.4. The number of aromatic nitrogens is 1. The van der Waals surface area contributed by atoms with Crippen LogP contribution in [0.2, 0.25) is 0 Å². The van der Waals surface area contributed by atoms with Crippen molar-refractivity contribution in [2.75, 3.05) is 19.6 Å². The van der Waals surface area contributed by atoms with Gasteiger partial charge in [0.15, 0.2) is 5.78 Å². The van der Waals surface area contributed by atoms with E-state index in [1.807, 2.05) is 0 Å². The van der Waals surface area contributed by atoms with Crippen LogP contribution in [0.1, 0.15) is 41.6 Å². The van der Waals surface area contributed by atoms with Gasteiger partial charge in [-0.15, -0.1) is 0 Å². The predicted octanol–water partition coefficient (Wildman–Crippen LogP) is 1.73. The summed E-state index contributed by atoms with van der Waals surface area (Å²) in [5.74, 6) is -1.11. The second-order valence-electron chi connectivity index (χ2n) is 4.20. The SMILES string of the molecule is CCN(CC)CCn1cc(C(C)=O)cc1C(=O)O. The molecule has 0 aliphatic rings. The lowest BCUT2D eigenvalue weighted by atomic mass is 10.2. The first kappa shape index (κ1) is 14.4. The fourth-order valence-electron chi connectivity index (χ4n) is 1.86. The maximum Gasteiger partial charge on any atom is 0.352 e. The fraction of sp³-hybridized carbons (Fsp3) is 0.538. The first-order valence-corrected chi connectivity index (χ1v) is 6.16. The van der Waals surface area contributed by atoms with Crippen LogP contribution in [-0.4, -0.2) is 46.0 Å². The summed E-state index contributed by atoms with van der Waals surface area (Å²) in [7, 11) is 0. The van der Waals surface area contributed by atoms with Gasteiger partial charge in [-0.2, -0.15) is 0 Å². The van der Waals surface area contributed by atoms with Gasteiger partial charge in [-0.1, -0.05) is 13.8 Å². The molecule has 0 fully saturated rings. The van der Waals surface area contributed by atoms with Crippen LogP contribution in [0.25, 0.3) is 0 Å².